The van der Waals surface area contributed by atoms with Gasteiger partial charge in [-0.05, 0) is 39.8 Å². The van der Waals surface area contributed by atoms with Gasteiger partial charge >= 0.3 is 19.4 Å². The van der Waals surface area contributed by atoms with Crippen LogP contribution in [0.25, 0.3) is 0 Å². The van der Waals surface area contributed by atoms with Crippen LogP contribution in [0.3, 0.4) is 0 Å². The summed E-state index contributed by atoms with van der Waals surface area (Å²) in [5, 5.41) is 2.64. The lowest BCUT2D eigenvalue weighted by molar-refractivity contribution is -0.149. The molecule has 11 nitrogen and oxygen atoms in total. The second-order valence-electron chi connectivity index (χ2n) is 8.40. The van der Waals surface area contributed by atoms with Crippen molar-refractivity contribution in [2.24, 2.45) is 5.92 Å². The van der Waals surface area contributed by atoms with Gasteiger partial charge in [-0.3, -0.25) is 23.7 Å². The Balaban J connectivity index is 1.68. The summed E-state index contributed by atoms with van der Waals surface area (Å²) in [4.78, 5) is 38.2. The molecule has 0 aliphatic carbocycles. The van der Waals surface area contributed by atoms with E-state index in [9.17, 15) is 18.9 Å². The molecule has 0 saturated carbocycles. The van der Waals surface area contributed by atoms with Crippen molar-refractivity contribution < 1.29 is 27.9 Å². The van der Waals surface area contributed by atoms with E-state index in [2.05, 4.69) is 10.1 Å². The van der Waals surface area contributed by atoms with Crippen LogP contribution in [0, 0.1) is 12.8 Å². The highest BCUT2D eigenvalue weighted by atomic mass is 31.2. The molecule has 186 valence electrons. The fraction of sp³-hybridized carbons (Fsp3) is 0.500. The van der Waals surface area contributed by atoms with Gasteiger partial charge in [-0.25, -0.2) is 9.36 Å². The quantitative estimate of drug-likeness (QED) is 0.376. The first-order chi connectivity index (χ1) is 16.1. The number of nitrogens with zero attached hydrogens (tertiary/aromatic N) is 1. The second-order valence-corrected chi connectivity index (χ2v) is 10.1. The molecule has 1 aromatic heterocycles. The van der Waals surface area contributed by atoms with E-state index in [1.807, 2.05) is 0 Å². The number of esters is 1. The number of aromatic nitrogens is 2. The molecule has 4 atom stereocenters. The van der Waals surface area contributed by atoms with E-state index >= 15 is 0 Å². The molecule has 0 bridgehead atoms. The summed E-state index contributed by atoms with van der Waals surface area (Å²) < 4.78 is 37.0. The van der Waals surface area contributed by atoms with E-state index < -0.39 is 37.2 Å². The minimum Gasteiger partial charge on any atom is -0.462 e. The zero-order valence-corrected chi connectivity index (χ0v) is 20.4. The van der Waals surface area contributed by atoms with Crippen molar-refractivity contribution in [2.75, 3.05) is 13.2 Å². The van der Waals surface area contributed by atoms with E-state index in [1.165, 1.54) is 17.7 Å². The van der Waals surface area contributed by atoms with Gasteiger partial charge in [-0.2, -0.15) is 5.09 Å². The van der Waals surface area contributed by atoms with E-state index in [0.717, 1.165) is 0 Å². The van der Waals surface area contributed by atoms with Gasteiger partial charge in [0, 0.05) is 24.1 Å². The molecule has 2 heterocycles. The Kier molecular flexibility index (Phi) is 8.48. The number of aryl methyl sites for hydroxylation is 1. The van der Waals surface area contributed by atoms with Crippen molar-refractivity contribution >= 4 is 13.7 Å². The van der Waals surface area contributed by atoms with Gasteiger partial charge < -0.3 is 14.0 Å². The van der Waals surface area contributed by atoms with Crippen LogP contribution in [0.5, 0.6) is 5.75 Å². The van der Waals surface area contributed by atoms with E-state index in [4.69, 9.17) is 18.5 Å². The number of aromatic amines is 1. The van der Waals surface area contributed by atoms with Crippen LogP contribution in [-0.4, -0.2) is 40.9 Å². The number of H-pyrrole nitrogens is 1. The Morgan fingerprint density at radius 3 is 2.65 bits per heavy atom. The minimum atomic E-state index is -3.99. The Morgan fingerprint density at radius 1 is 1.26 bits per heavy atom. The number of rotatable bonds is 10. The number of nitrogens with one attached hydrogen (secondary N) is 2. The molecular formula is C22H30N3O8P. The molecule has 2 aromatic rings. The number of hydrogen-bond acceptors (Lipinski definition) is 8. The maximum absolute atomic E-state index is 13.5. The Bertz CT molecular complexity index is 1150. The van der Waals surface area contributed by atoms with Crippen LogP contribution in [0.4, 0.5) is 0 Å². The summed E-state index contributed by atoms with van der Waals surface area (Å²) in [5.74, 6) is -0.498. The first-order valence-corrected chi connectivity index (χ1v) is 12.5. The van der Waals surface area contributed by atoms with Gasteiger partial charge in [0.2, 0.25) is 0 Å². The molecule has 1 aliphatic rings. The summed E-state index contributed by atoms with van der Waals surface area (Å²) in [6, 6.07) is 7.51. The fourth-order valence-electron chi connectivity index (χ4n) is 3.32. The monoisotopic (exact) mass is 495 g/mol. The SMILES string of the molecule is Cc1cn([C@H]2C[C@@H](COP(=O)(N[C@@H](C)C(=O)OC(C)C)Oc3ccccc3)CO2)c(=O)[nH]c1=O. The average molecular weight is 495 g/mol. The fourth-order valence-corrected chi connectivity index (χ4v) is 4.88. The predicted octanol–water partition coefficient (Wildman–Crippen LogP) is 2.51. The summed E-state index contributed by atoms with van der Waals surface area (Å²) in [5.41, 5.74) is -0.635. The first kappa shape index (κ1) is 25.9. The highest BCUT2D eigenvalue weighted by Crippen LogP contribution is 2.46. The Hall–Kier alpha value is -2.72. The van der Waals surface area contributed by atoms with Crippen molar-refractivity contribution in [1.82, 2.24) is 14.6 Å². The molecule has 12 heteroatoms. The zero-order valence-electron chi connectivity index (χ0n) is 19.6. The topological polar surface area (TPSA) is 138 Å². The zero-order chi connectivity index (χ0) is 24.9. The molecule has 1 saturated heterocycles. The lowest BCUT2D eigenvalue weighted by Gasteiger charge is -2.24. The Labute approximate surface area is 197 Å². The molecular weight excluding hydrogens is 465 g/mol. The standard InChI is InChI=1S/C22H30N3O8P/c1-14(2)32-21(27)16(4)24-34(29,33-18-8-6-5-7-9-18)31-13-17-10-19(30-12-17)25-11-15(3)20(26)23-22(25)28/h5-9,11,14,16-17,19H,10,12-13H2,1-4H3,(H,24,29)(H,23,26,28)/t16-,17+,19+,34?/m0/s1. The van der Waals surface area contributed by atoms with Crippen molar-refractivity contribution in [3.8, 4) is 5.75 Å². The van der Waals surface area contributed by atoms with Gasteiger partial charge in [0.15, 0.2) is 0 Å². The number of ether oxygens (including phenoxy) is 2. The first-order valence-electron chi connectivity index (χ1n) is 11.0. The Morgan fingerprint density at radius 2 is 1.97 bits per heavy atom. The molecule has 0 radical (unpaired) electrons. The molecule has 1 aromatic carbocycles. The average Bonchev–Trinajstić information content (AvgIpc) is 3.24. The largest absolute Gasteiger partial charge is 0.462 e. The molecule has 2 N–H and O–H groups in total. The second kappa shape index (κ2) is 11.1. The summed E-state index contributed by atoms with van der Waals surface area (Å²) in [6.45, 7) is 6.76. The molecule has 0 amide bonds. The van der Waals surface area contributed by atoms with Crippen LogP contribution in [-0.2, 0) is 23.4 Å². The van der Waals surface area contributed by atoms with Gasteiger partial charge in [-0.15, -0.1) is 0 Å². The summed E-state index contributed by atoms with van der Waals surface area (Å²) in [7, 11) is -3.99. The third kappa shape index (κ3) is 6.89. The molecule has 1 fully saturated rings. The van der Waals surface area contributed by atoms with Crippen LogP contribution in [0.2, 0.25) is 0 Å². The van der Waals surface area contributed by atoms with Crippen LogP contribution < -0.4 is 20.9 Å². The van der Waals surface area contributed by atoms with E-state index in [0.29, 0.717) is 17.7 Å². The van der Waals surface area contributed by atoms with Crippen molar-refractivity contribution in [2.45, 2.75) is 52.5 Å². The van der Waals surface area contributed by atoms with Gasteiger partial charge in [0.1, 0.15) is 18.0 Å². The van der Waals surface area contributed by atoms with Gasteiger partial charge in [0.05, 0.1) is 19.3 Å². The molecule has 1 aliphatic heterocycles. The summed E-state index contributed by atoms with van der Waals surface area (Å²) >= 11 is 0. The summed E-state index contributed by atoms with van der Waals surface area (Å²) in [6.07, 6.45) is 0.905. The minimum absolute atomic E-state index is 0.0172. The lowest BCUT2D eigenvalue weighted by Crippen LogP contribution is -2.36. The maximum atomic E-state index is 13.5. The third-order valence-corrected chi connectivity index (χ3v) is 6.67. The van der Waals surface area contributed by atoms with Gasteiger partial charge in [0.25, 0.3) is 5.56 Å². The van der Waals surface area contributed by atoms with Crippen molar-refractivity contribution in [3.63, 3.8) is 0 Å². The number of carbonyl (C=O) groups is 1. The van der Waals surface area contributed by atoms with Crippen LogP contribution in [0.15, 0.2) is 46.1 Å². The van der Waals surface area contributed by atoms with Crippen LogP contribution in [0.1, 0.15) is 39.0 Å². The highest BCUT2D eigenvalue weighted by molar-refractivity contribution is 7.52. The molecule has 3 rings (SSSR count). The third-order valence-electron chi connectivity index (χ3n) is 5.02. The number of para-hydroxylation sites is 1. The smallest absolute Gasteiger partial charge is 0.459 e. The van der Waals surface area contributed by atoms with Gasteiger partial charge in [-0.1, -0.05) is 18.2 Å². The normalized spacial score (nSPS) is 20.6. The molecule has 1 unspecified atom stereocenters. The highest BCUT2D eigenvalue weighted by Gasteiger charge is 2.35. The number of benzene rings is 1. The van der Waals surface area contributed by atoms with Crippen LogP contribution >= 0.6 is 7.75 Å². The predicted molar refractivity (Wildman–Crippen MR) is 124 cm³/mol. The molecule has 0 spiro atoms. The lowest BCUT2D eigenvalue weighted by atomic mass is 10.1. The van der Waals surface area contributed by atoms with E-state index in [1.54, 1.807) is 51.1 Å². The molecule has 34 heavy (non-hydrogen) atoms. The number of carbonyl (C=O) groups excluding carboxylic acids is 1. The van der Waals surface area contributed by atoms with Crippen molar-refractivity contribution in [1.29, 1.82) is 0 Å². The van der Waals surface area contributed by atoms with E-state index in [-0.39, 0.29) is 25.2 Å². The van der Waals surface area contributed by atoms with Crippen molar-refractivity contribution in [3.05, 3.63) is 62.9 Å². The number of hydrogen-bond donors (Lipinski definition) is 2. The maximum Gasteiger partial charge on any atom is 0.459 e.